The Kier molecular flexibility index (Phi) is 30.8. The van der Waals surface area contributed by atoms with Crippen molar-refractivity contribution >= 4 is 47.3 Å². The van der Waals surface area contributed by atoms with E-state index in [1.165, 1.54) is 0 Å². The molecule has 57 heavy (non-hydrogen) atoms. The lowest BCUT2D eigenvalue weighted by atomic mass is 10.2. The predicted molar refractivity (Wildman–Crippen MR) is 191 cm³/mol. The van der Waals surface area contributed by atoms with Gasteiger partial charge in [-0.3, -0.25) is 59.2 Å². The maximum absolute atomic E-state index is 12.1. The molecule has 0 heterocycles. The van der Waals surface area contributed by atoms with Crippen LogP contribution in [-0.4, -0.2) is 194 Å². The number of nitrogens with zero attached hydrogens (tertiary/aromatic N) is 4. The van der Waals surface area contributed by atoms with E-state index < -0.39 is 47.3 Å². The third kappa shape index (κ3) is 30.2. The molecule has 25 heteroatoms. The van der Waals surface area contributed by atoms with Crippen molar-refractivity contribution in [3.05, 3.63) is 0 Å². The topological polar surface area (TPSA) is 355 Å². The summed E-state index contributed by atoms with van der Waals surface area (Å²) in [5.41, 5.74) is 10.2. The minimum Gasteiger partial charge on any atom is -0.378 e. The van der Waals surface area contributed by atoms with Crippen LogP contribution in [-0.2, 0) is 57.3 Å². The van der Waals surface area contributed by atoms with Gasteiger partial charge in [-0.25, -0.2) is 20.3 Å². The number of nitrogens with two attached hydrogens (primary N) is 2. The Morgan fingerprint density at radius 2 is 0.667 bits per heavy atom. The average molecular weight is 826 g/mol. The zero-order chi connectivity index (χ0) is 42.8. The second kappa shape index (κ2) is 33.5. The van der Waals surface area contributed by atoms with Crippen molar-refractivity contribution in [1.29, 1.82) is 0 Å². The average Bonchev–Trinajstić information content (AvgIpc) is 3.18. The summed E-state index contributed by atoms with van der Waals surface area (Å²) in [4.78, 5) is 93.9. The van der Waals surface area contributed by atoms with E-state index in [-0.39, 0.29) is 143 Å². The molecule has 0 spiro atoms. The number of nitrogens with one attached hydrogen (secondary N) is 3. The highest BCUT2D eigenvalue weighted by Crippen LogP contribution is 1.99. The molecule has 0 aromatic rings. The van der Waals surface area contributed by atoms with Gasteiger partial charge in [0.05, 0.1) is 79.0 Å². The standard InChI is InChI=1S/C32H59N9O16/c33-9-17-54-21-13-39(51)30(47)6-2-26(43)36-11-19-56-23-15-41(53)32(49)8-4-28(45)37-12-20-57-24-16-40(52)31(48)7-3-27(44)35-10-18-55-22-14-38(50)29(46)5-1-25(34)42/h50-53H,1-24,33H2,(H2,34,42)(H,35,44)(H,36,43)(H,37,45). The number of hydrogen-bond donors (Lipinski definition) is 9. The molecule has 0 bridgehead atoms. The SMILES string of the molecule is NCCOCCN(O)C(=O)CCC(=O)NCCOCCN(O)C(=O)CCC(=O)NCCOCCN(O)C(=O)CCC(=O)NCCOCCN(O)C(=O)CCC(N)=O. The van der Waals surface area contributed by atoms with E-state index in [0.29, 0.717) is 33.4 Å². The summed E-state index contributed by atoms with van der Waals surface area (Å²) in [5.74, 6) is -4.83. The van der Waals surface area contributed by atoms with Crippen LogP contribution in [0.2, 0.25) is 0 Å². The van der Waals surface area contributed by atoms with E-state index in [0.717, 1.165) is 0 Å². The van der Waals surface area contributed by atoms with Crippen molar-refractivity contribution in [3.8, 4) is 0 Å². The van der Waals surface area contributed by atoms with Gasteiger partial charge < -0.3 is 46.4 Å². The largest absolute Gasteiger partial charge is 0.378 e. The number of amides is 8. The predicted octanol–water partition coefficient (Wildman–Crippen LogP) is -4.16. The molecule has 0 aliphatic rings. The molecule has 0 atom stereocenters. The van der Waals surface area contributed by atoms with Crippen LogP contribution >= 0.6 is 0 Å². The Morgan fingerprint density at radius 3 is 0.930 bits per heavy atom. The van der Waals surface area contributed by atoms with Gasteiger partial charge in [-0.2, -0.15) is 0 Å². The third-order valence-corrected chi connectivity index (χ3v) is 7.19. The van der Waals surface area contributed by atoms with Crippen molar-refractivity contribution in [2.45, 2.75) is 51.4 Å². The summed E-state index contributed by atoms with van der Waals surface area (Å²) < 4.78 is 20.8. The van der Waals surface area contributed by atoms with Gasteiger partial charge in [0, 0.05) is 77.5 Å². The fourth-order valence-electron chi connectivity index (χ4n) is 4.06. The molecule has 0 aromatic carbocycles. The van der Waals surface area contributed by atoms with Gasteiger partial charge in [-0.1, -0.05) is 0 Å². The smallest absolute Gasteiger partial charge is 0.246 e. The number of hydroxylamine groups is 8. The monoisotopic (exact) mass is 825 g/mol. The molecule has 328 valence electrons. The van der Waals surface area contributed by atoms with Crippen LogP contribution in [0.15, 0.2) is 0 Å². The third-order valence-electron chi connectivity index (χ3n) is 7.19. The van der Waals surface area contributed by atoms with Crippen molar-refractivity contribution in [3.63, 3.8) is 0 Å². The highest BCUT2D eigenvalue weighted by Gasteiger charge is 2.16. The first-order valence-electron chi connectivity index (χ1n) is 18.2. The zero-order valence-electron chi connectivity index (χ0n) is 32.1. The van der Waals surface area contributed by atoms with E-state index >= 15 is 0 Å². The van der Waals surface area contributed by atoms with Crippen LogP contribution in [0.3, 0.4) is 0 Å². The number of hydrogen-bond acceptors (Lipinski definition) is 17. The number of carbonyl (C=O) groups excluding carboxylic acids is 8. The summed E-state index contributed by atoms with van der Waals surface area (Å²) >= 11 is 0. The van der Waals surface area contributed by atoms with Gasteiger partial charge in [0.1, 0.15) is 0 Å². The number of ether oxygens (including phenoxy) is 4. The Balaban J connectivity index is 3.83. The molecule has 8 amide bonds. The quantitative estimate of drug-likeness (QED) is 0.0166. The molecule has 0 fully saturated rings. The number of carbonyl (C=O) groups is 8. The lowest BCUT2D eigenvalue weighted by molar-refractivity contribution is -0.168. The normalized spacial score (nSPS) is 10.7. The molecule has 0 unspecified atom stereocenters. The van der Waals surface area contributed by atoms with Crippen LogP contribution in [0.4, 0.5) is 0 Å². The molecule has 0 radical (unpaired) electrons. The molecule has 0 saturated heterocycles. The molecule has 0 aliphatic heterocycles. The second-order valence-corrected chi connectivity index (χ2v) is 11.8. The minimum absolute atomic E-state index is 0.0310. The van der Waals surface area contributed by atoms with Crippen LogP contribution < -0.4 is 27.4 Å². The lowest BCUT2D eigenvalue weighted by Gasteiger charge is -2.16. The summed E-state index contributed by atoms with van der Waals surface area (Å²) in [6.45, 7) is 0.373. The molecule has 0 aliphatic carbocycles. The Hall–Kier alpha value is -4.60. The van der Waals surface area contributed by atoms with Gasteiger partial charge in [-0.05, 0) is 0 Å². The van der Waals surface area contributed by atoms with Gasteiger partial charge in [-0.15, -0.1) is 0 Å². The zero-order valence-corrected chi connectivity index (χ0v) is 32.1. The van der Waals surface area contributed by atoms with E-state index in [1.54, 1.807) is 0 Å². The van der Waals surface area contributed by atoms with Crippen LogP contribution in [0.25, 0.3) is 0 Å². The highest BCUT2D eigenvalue weighted by molar-refractivity contribution is 5.84. The fraction of sp³-hybridized carbons (Fsp3) is 0.750. The first kappa shape index (κ1) is 52.4. The van der Waals surface area contributed by atoms with Crippen LogP contribution in [0.5, 0.6) is 0 Å². The molecule has 11 N–H and O–H groups in total. The molecule has 0 rings (SSSR count). The molecule has 0 aromatic heterocycles. The minimum atomic E-state index is -0.722. The number of primary amides is 1. The maximum Gasteiger partial charge on any atom is 0.246 e. The number of rotatable bonds is 35. The van der Waals surface area contributed by atoms with E-state index in [1.807, 2.05) is 0 Å². The van der Waals surface area contributed by atoms with Crippen molar-refractivity contribution < 1.29 is 78.1 Å². The van der Waals surface area contributed by atoms with E-state index in [4.69, 9.17) is 30.4 Å². The van der Waals surface area contributed by atoms with Crippen molar-refractivity contribution in [2.75, 3.05) is 105 Å². The molecular formula is C32H59N9O16. The fourth-order valence-corrected chi connectivity index (χ4v) is 4.06. The first-order chi connectivity index (χ1) is 27.2. The summed E-state index contributed by atoms with van der Waals surface area (Å²) in [5, 5.41) is 48.1. The van der Waals surface area contributed by atoms with Gasteiger partial charge >= 0.3 is 0 Å². The van der Waals surface area contributed by atoms with Crippen molar-refractivity contribution in [2.24, 2.45) is 11.5 Å². The molecular weight excluding hydrogens is 766 g/mol. The Labute approximate surface area is 329 Å². The summed E-state index contributed by atoms with van der Waals surface area (Å²) in [7, 11) is 0. The Morgan fingerprint density at radius 1 is 0.404 bits per heavy atom. The Bertz CT molecular complexity index is 1230. The van der Waals surface area contributed by atoms with Crippen LogP contribution in [0, 0.1) is 0 Å². The van der Waals surface area contributed by atoms with E-state index in [9.17, 15) is 59.2 Å². The second-order valence-electron chi connectivity index (χ2n) is 11.8. The van der Waals surface area contributed by atoms with Gasteiger partial charge in [0.2, 0.25) is 47.3 Å². The van der Waals surface area contributed by atoms with Crippen LogP contribution in [0.1, 0.15) is 51.4 Å². The maximum atomic E-state index is 12.1. The summed E-state index contributed by atoms with van der Waals surface area (Å²) in [6, 6.07) is 0. The van der Waals surface area contributed by atoms with Crippen molar-refractivity contribution in [1.82, 2.24) is 36.2 Å². The highest BCUT2D eigenvalue weighted by atomic mass is 16.5. The lowest BCUT2D eigenvalue weighted by Crippen LogP contribution is -2.35. The van der Waals surface area contributed by atoms with Gasteiger partial charge in [0.25, 0.3) is 0 Å². The first-order valence-corrected chi connectivity index (χ1v) is 18.2. The van der Waals surface area contributed by atoms with E-state index in [2.05, 4.69) is 16.0 Å². The molecule has 0 saturated carbocycles. The summed E-state index contributed by atoms with van der Waals surface area (Å²) in [6.07, 6.45) is -1.78. The van der Waals surface area contributed by atoms with Gasteiger partial charge in [0.15, 0.2) is 0 Å². The molecule has 25 nitrogen and oxygen atoms in total.